The van der Waals surface area contributed by atoms with E-state index in [1.165, 1.54) is 12.1 Å². The molecular formula is C13H15F2NO2. The van der Waals surface area contributed by atoms with Gasteiger partial charge in [-0.05, 0) is 18.2 Å². The predicted octanol–water partition coefficient (Wildman–Crippen LogP) is 2.08. The molecule has 5 heteroatoms. The second-order valence-electron chi connectivity index (χ2n) is 4.57. The van der Waals surface area contributed by atoms with E-state index < -0.39 is 29.4 Å². The number of hydrogen-bond acceptors (Lipinski definition) is 2. The Kier molecular flexibility index (Phi) is 3.61. The van der Waals surface area contributed by atoms with Crippen LogP contribution in [-0.4, -0.2) is 35.6 Å². The van der Waals surface area contributed by atoms with Crippen molar-refractivity contribution in [1.29, 1.82) is 0 Å². The highest BCUT2D eigenvalue weighted by Gasteiger charge is 2.39. The summed E-state index contributed by atoms with van der Waals surface area (Å²) in [7, 11) is 0. The second-order valence-corrected chi connectivity index (χ2v) is 4.57. The number of hydrogen-bond donors (Lipinski definition) is 1. The third kappa shape index (κ3) is 2.36. The molecule has 98 valence electrons. The summed E-state index contributed by atoms with van der Waals surface area (Å²) < 4.78 is 26.6. The maximum Gasteiger partial charge on any atom is 0.308 e. The van der Waals surface area contributed by atoms with Crippen molar-refractivity contribution in [3.05, 3.63) is 35.4 Å². The van der Waals surface area contributed by atoms with E-state index in [1.807, 2.05) is 11.8 Å². The first-order valence-electron chi connectivity index (χ1n) is 5.93. The quantitative estimate of drug-likeness (QED) is 0.899. The summed E-state index contributed by atoms with van der Waals surface area (Å²) in [5.74, 6) is -3.29. The molecule has 0 amide bonds. The summed E-state index contributed by atoms with van der Waals surface area (Å²) in [6.45, 7) is 3.56. The van der Waals surface area contributed by atoms with Crippen molar-refractivity contribution in [3.8, 4) is 0 Å². The number of likely N-dealkylation sites (N-methyl/N-ethyl adjacent to an activating group) is 1. The Morgan fingerprint density at radius 1 is 1.44 bits per heavy atom. The van der Waals surface area contributed by atoms with Crippen molar-refractivity contribution in [2.24, 2.45) is 5.92 Å². The van der Waals surface area contributed by atoms with E-state index in [9.17, 15) is 18.7 Å². The van der Waals surface area contributed by atoms with Crippen LogP contribution in [-0.2, 0) is 4.79 Å². The summed E-state index contributed by atoms with van der Waals surface area (Å²) in [5, 5.41) is 9.18. The smallest absolute Gasteiger partial charge is 0.308 e. The molecule has 3 nitrogen and oxygen atoms in total. The largest absolute Gasteiger partial charge is 0.481 e. The fourth-order valence-corrected chi connectivity index (χ4v) is 2.51. The molecule has 0 radical (unpaired) electrons. The van der Waals surface area contributed by atoms with Crippen LogP contribution in [0.1, 0.15) is 18.4 Å². The van der Waals surface area contributed by atoms with Gasteiger partial charge >= 0.3 is 5.97 Å². The fraction of sp³-hybridized carbons (Fsp3) is 0.462. The Bertz CT molecular complexity index is 464. The van der Waals surface area contributed by atoms with Crippen LogP contribution in [0.25, 0.3) is 0 Å². The number of benzene rings is 1. The van der Waals surface area contributed by atoms with Gasteiger partial charge in [0.25, 0.3) is 0 Å². The minimum atomic E-state index is -0.931. The summed E-state index contributed by atoms with van der Waals surface area (Å²) in [6.07, 6.45) is 0. The molecule has 0 saturated carbocycles. The topological polar surface area (TPSA) is 40.5 Å². The monoisotopic (exact) mass is 255 g/mol. The average molecular weight is 255 g/mol. The first-order chi connectivity index (χ1) is 8.52. The number of carbonyl (C=O) groups is 1. The lowest BCUT2D eigenvalue weighted by molar-refractivity contribution is -0.141. The van der Waals surface area contributed by atoms with Crippen molar-refractivity contribution in [1.82, 2.24) is 4.90 Å². The van der Waals surface area contributed by atoms with Crippen LogP contribution < -0.4 is 0 Å². The number of rotatable bonds is 3. The van der Waals surface area contributed by atoms with Crippen molar-refractivity contribution in [2.75, 3.05) is 19.6 Å². The minimum Gasteiger partial charge on any atom is -0.481 e. The fourth-order valence-electron chi connectivity index (χ4n) is 2.51. The molecule has 0 aliphatic carbocycles. The molecule has 1 saturated heterocycles. The highest BCUT2D eigenvalue weighted by molar-refractivity contribution is 5.72. The van der Waals surface area contributed by atoms with Gasteiger partial charge < -0.3 is 10.0 Å². The summed E-state index contributed by atoms with van der Waals surface area (Å²) in [6, 6.07) is 3.33. The van der Waals surface area contributed by atoms with Crippen LogP contribution in [0.15, 0.2) is 18.2 Å². The molecule has 1 aliphatic heterocycles. The zero-order valence-electron chi connectivity index (χ0n) is 10.1. The van der Waals surface area contributed by atoms with Gasteiger partial charge in [0.2, 0.25) is 0 Å². The standard InChI is InChI=1S/C13H15F2NO2/c1-2-16-6-10(11(7-16)13(17)18)9-4-3-8(14)5-12(9)15/h3-5,10-11H,2,6-7H2,1H3,(H,17,18). The van der Waals surface area contributed by atoms with Crippen molar-refractivity contribution in [3.63, 3.8) is 0 Å². The molecule has 1 aromatic carbocycles. The Morgan fingerprint density at radius 2 is 2.17 bits per heavy atom. The molecule has 1 N–H and O–H groups in total. The zero-order chi connectivity index (χ0) is 13.3. The van der Waals surface area contributed by atoms with Gasteiger partial charge in [-0.3, -0.25) is 4.79 Å². The van der Waals surface area contributed by atoms with Crippen molar-refractivity contribution >= 4 is 5.97 Å². The SMILES string of the molecule is CCN1CC(C(=O)O)C(c2ccc(F)cc2F)C1. The number of nitrogens with zero attached hydrogens (tertiary/aromatic N) is 1. The maximum absolute atomic E-state index is 13.7. The Balaban J connectivity index is 2.32. The highest BCUT2D eigenvalue weighted by atomic mass is 19.1. The molecule has 0 aromatic heterocycles. The van der Waals surface area contributed by atoms with E-state index in [0.717, 1.165) is 12.6 Å². The summed E-state index contributed by atoms with van der Waals surface area (Å²) in [5.41, 5.74) is 0.291. The minimum absolute atomic E-state index is 0.291. The van der Waals surface area contributed by atoms with Gasteiger partial charge in [-0.15, -0.1) is 0 Å². The van der Waals surface area contributed by atoms with E-state index in [2.05, 4.69) is 0 Å². The Hall–Kier alpha value is -1.49. The van der Waals surface area contributed by atoms with Crippen LogP contribution in [0.4, 0.5) is 8.78 Å². The third-order valence-corrected chi connectivity index (χ3v) is 3.52. The lowest BCUT2D eigenvalue weighted by atomic mass is 9.88. The van der Waals surface area contributed by atoms with E-state index in [4.69, 9.17) is 0 Å². The third-order valence-electron chi connectivity index (χ3n) is 3.52. The predicted molar refractivity (Wildman–Crippen MR) is 62.3 cm³/mol. The zero-order valence-corrected chi connectivity index (χ0v) is 10.1. The maximum atomic E-state index is 13.7. The van der Waals surface area contributed by atoms with Gasteiger partial charge in [-0.2, -0.15) is 0 Å². The number of carboxylic acids is 1. The molecule has 0 bridgehead atoms. The summed E-state index contributed by atoms with van der Waals surface area (Å²) in [4.78, 5) is 13.2. The van der Waals surface area contributed by atoms with Gasteiger partial charge in [0.15, 0.2) is 0 Å². The van der Waals surface area contributed by atoms with E-state index in [0.29, 0.717) is 18.7 Å². The molecule has 1 heterocycles. The van der Waals surface area contributed by atoms with Gasteiger partial charge in [0.1, 0.15) is 11.6 Å². The molecular weight excluding hydrogens is 240 g/mol. The Labute approximate surface area is 104 Å². The van der Waals surface area contributed by atoms with E-state index >= 15 is 0 Å². The van der Waals surface area contributed by atoms with E-state index in [-0.39, 0.29) is 0 Å². The summed E-state index contributed by atoms with van der Waals surface area (Å²) >= 11 is 0. The van der Waals surface area contributed by atoms with E-state index in [1.54, 1.807) is 0 Å². The van der Waals surface area contributed by atoms with Crippen LogP contribution in [0, 0.1) is 17.6 Å². The second kappa shape index (κ2) is 5.02. The van der Waals surface area contributed by atoms with Crippen LogP contribution >= 0.6 is 0 Å². The van der Waals surface area contributed by atoms with Crippen molar-refractivity contribution in [2.45, 2.75) is 12.8 Å². The molecule has 2 rings (SSSR count). The molecule has 1 aliphatic rings. The van der Waals surface area contributed by atoms with Gasteiger partial charge in [0, 0.05) is 25.1 Å². The van der Waals surface area contributed by atoms with Gasteiger partial charge in [0.05, 0.1) is 5.92 Å². The van der Waals surface area contributed by atoms with Gasteiger partial charge in [-0.1, -0.05) is 13.0 Å². The molecule has 18 heavy (non-hydrogen) atoms. The van der Waals surface area contributed by atoms with Crippen LogP contribution in [0.5, 0.6) is 0 Å². The number of halogens is 2. The Morgan fingerprint density at radius 3 is 2.72 bits per heavy atom. The van der Waals surface area contributed by atoms with Gasteiger partial charge in [-0.25, -0.2) is 8.78 Å². The normalized spacial score (nSPS) is 24.4. The molecule has 1 fully saturated rings. The first kappa shape index (κ1) is 13.0. The first-order valence-corrected chi connectivity index (χ1v) is 5.93. The molecule has 2 unspecified atom stereocenters. The molecule has 1 aromatic rings. The van der Waals surface area contributed by atoms with Crippen molar-refractivity contribution < 1.29 is 18.7 Å². The lowest BCUT2D eigenvalue weighted by Gasteiger charge is -2.16. The van der Waals surface area contributed by atoms with Crippen LogP contribution in [0.3, 0.4) is 0 Å². The number of aliphatic carboxylic acids is 1. The highest BCUT2D eigenvalue weighted by Crippen LogP contribution is 2.34. The molecule has 0 spiro atoms. The lowest BCUT2D eigenvalue weighted by Crippen LogP contribution is -2.23. The molecule has 2 atom stereocenters. The van der Waals surface area contributed by atoms with Crippen LogP contribution in [0.2, 0.25) is 0 Å². The number of carboxylic acid groups (broad SMARTS) is 1. The average Bonchev–Trinajstić information content (AvgIpc) is 2.73. The number of likely N-dealkylation sites (tertiary alicyclic amines) is 1.